The third kappa shape index (κ3) is 4.95. The van der Waals surface area contributed by atoms with Crippen LogP contribution in [0.5, 0.6) is 5.75 Å². The monoisotopic (exact) mass is 353 g/mol. The lowest BCUT2D eigenvalue weighted by Crippen LogP contribution is -2.23. The summed E-state index contributed by atoms with van der Waals surface area (Å²) in [4.78, 5) is 0. The second kappa shape index (κ2) is 7.78. The first-order valence-corrected chi connectivity index (χ1v) is 7.21. The Bertz CT molecular complexity index is 730. The summed E-state index contributed by atoms with van der Waals surface area (Å²) < 4.78 is 42.6. The highest BCUT2D eigenvalue weighted by Crippen LogP contribution is 2.29. The van der Waals surface area contributed by atoms with Crippen LogP contribution in [-0.2, 0) is 6.18 Å². The number of benzene rings is 2. The molecule has 0 saturated heterocycles. The molecule has 0 heterocycles. The van der Waals surface area contributed by atoms with Crippen LogP contribution < -0.4 is 15.5 Å². The first-order chi connectivity index (χ1) is 11.4. The molecule has 8 heteroatoms. The predicted octanol–water partition coefficient (Wildman–Crippen LogP) is 4.03. The minimum absolute atomic E-state index is 0.154. The number of halogens is 3. The van der Waals surface area contributed by atoms with E-state index in [0.717, 1.165) is 17.7 Å². The van der Waals surface area contributed by atoms with Gasteiger partial charge < -0.3 is 10.1 Å². The summed E-state index contributed by atoms with van der Waals surface area (Å²) in [5.41, 5.74) is 3.05. The van der Waals surface area contributed by atoms with Crippen molar-refractivity contribution in [2.24, 2.45) is 5.10 Å². The van der Waals surface area contributed by atoms with E-state index in [4.69, 9.17) is 17.0 Å². The quantitative estimate of drug-likeness (QED) is 0.495. The highest BCUT2D eigenvalue weighted by Gasteiger charge is 2.29. The van der Waals surface area contributed by atoms with Crippen molar-refractivity contribution in [2.75, 3.05) is 12.4 Å². The smallest absolute Gasteiger partial charge is 0.416 e. The Morgan fingerprint density at radius 1 is 1.12 bits per heavy atom. The van der Waals surface area contributed by atoms with Crippen molar-refractivity contribution in [3.63, 3.8) is 0 Å². The second-order valence-corrected chi connectivity index (χ2v) is 5.05. The number of methoxy groups -OCH3 is 1. The number of para-hydroxylation sites is 1. The average molecular weight is 353 g/mol. The molecule has 4 nitrogen and oxygen atoms in total. The molecule has 0 aliphatic carbocycles. The molecule has 0 bridgehead atoms. The zero-order valence-corrected chi connectivity index (χ0v) is 13.4. The maximum atomic E-state index is 12.5. The first-order valence-electron chi connectivity index (χ1n) is 6.80. The number of ether oxygens (including phenoxy) is 1. The maximum Gasteiger partial charge on any atom is 0.416 e. The van der Waals surface area contributed by atoms with E-state index in [1.165, 1.54) is 18.3 Å². The molecule has 2 rings (SSSR count). The molecule has 0 aliphatic heterocycles. The van der Waals surface area contributed by atoms with Gasteiger partial charge in [-0.05, 0) is 48.6 Å². The third-order valence-electron chi connectivity index (χ3n) is 2.98. The van der Waals surface area contributed by atoms with Crippen molar-refractivity contribution in [3.8, 4) is 5.75 Å². The Morgan fingerprint density at radius 2 is 1.79 bits per heavy atom. The number of rotatable bonds is 4. The maximum absolute atomic E-state index is 12.5. The van der Waals surface area contributed by atoms with Crippen molar-refractivity contribution < 1.29 is 17.9 Å². The normalized spacial score (nSPS) is 11.3. The fourth-order valence-corrected chi connectivity index (χ4v) is 2.01. The molecule has 24 heavy (non-hydrogen) atoms. The van der Waals surface area contributed by atoms with Gasteiger partial charge in [-0.1, -0.05) is 12.1 Å². The lowest BCUT2D eigenvalue weighted by molar-refractivity contribution is -0.137. The van der Waals surface area contributed by atoms with Crippen LogP contribution in [0, 0.1) is 0 Å². The van der Waals surface area contributed by atoms with Crippen molar-refractivity contribution in [3.05, 3.63) is 59.7 Å². The molecule has 0 amide bonds. The van der Waals surface area contributed by atoms with Gasteiger partial charge in [0.25, 0.3) is 0 Å². The van der Waals surface area contributed by atoms with E-state index in [0.29, 0.717) is 11.4 Å². The molecule has 2 aromatic rings. The fraction of sp³-hybridized carbons (Fsp3) is 0.125. The SMILES string of the molecule is COc1ccccc1/C=N/NC(=S)Nc1ccc(C(F)(F)F)cc1. The molecular formula is C16H14F3N3OS. The van der Waals surface area contributed by atoms with Crippen LogP contribution in [0.15, 0.2) is 53.6 Å². The number of thiocarbonyl (C=S) groups is 1. The number of hydrogen-bond donors (Lipinski definition) is 2. The van der Waals surface area contributed by atoms with Gasteiger partial charge in [-0.2, -0.15) is 18.3 Å². The molecule has 2 N–H and O–H groups in total. The van der Waals surface area contributed by atoms with Crippen molar-refractivity contribution in [2.45, 2.75) is 6.18 Å². The Balaban J connectivity index is 1.92. The Morgan fingerprint density at radius 3 is 2.42 bits per heavy atom. The average Bonchev–Trinajstić information content (AvgIpc) is 2.55. The number of hydrogen-bond acceptors (Lipinski definition) is 3. The van der Waals surface area contributed by atoms with E-state index >= 15 is 0 Å². The van der Waals surface area contributed by atoms with E-state index in [2.05, 4.69) is 15.8 Å². The lowest BCUT2D eigenvalue weighted by Gasteiger charge is -2.10. The lowest BCUT2D eigenvalue weighted by atomic mass is 10.2. The molecule has 0 radical (unpaired) electrons. The van der Waals surface area contributed by atoms with Gasteiger partial charge in [-0.15, -0.1) is 0 Å². The van der Waals surface area contributed by atoms with Crippen LogP contribution in [0.3, 0.4) is 0 Å². The number of nitrogens with zero attached hydrogens (tertiary/aromatic N) is 1. The van der Waals surface area contributed by atoms with E-state index in [1.54, 1.807) is 13.2 Å². The van der Waals surface area contributed by atoms with Gasteiger partial charge in [0.15, 0.2) is 5.11 Å². The minimum Gasteiger partial charge on any atom is -0.496 e. The van der Waals surface area contributed by atoms with E-state index in [9.17, 15) is 13.2 Å². The minimum atomic E-state index is -4.36. The van der Waals surface area contributed by atoms with Gasteiger partial charge in [0.1, 0.15) is 5.75 Å². The van der Waals surface area contributed by atoms with Crippen molar-refractivity contribution in [1.29, 1.82) is 0 Å². The van der Waals surface area contributed by atoms with Gasteiger partial charge in [0.05, 0.1) is 18.9 Å². The molecular weight excluding hydrogens is 339 g/mol. The third-order valence-corrected chi connectivity index (χ3v) is 3.17. The predicted molar refractivity (Wildman–Crippen MR) is 91.4 cm³/mol. The topological polar surface area (TPSA) is 45.6 Å². The number of alkyl halides is 3. The standard InChI is InChI=1S/C16H14F3N3OS/c1-23-14-5-3-2-4-11(14)10-20-22-15(24)21-13-8-6-12(7-9-13)16(17,18)19/h2-10H,1H3,(H2,21,22,24)/b20-10+. The van der Waals surface area contributed by atoms with Crippen molar-refractivity contribution >= 4 is 29.2 Å². The summed E-state index contributed by atoms with van der Waals surface area (Å²) in [7, 11) is 1.55. The number of anilines is 1. The number of nitrogens with one attached hydrogen (secondary N) is 2. The van der Waals surface area contributed by atoms with Crippen LogP contribution in [0.25, 0.3) is 0 Å². The molecule has 0 atom stereocenters. The van der Waals surface area contributed by atoms with Crippen LogP contribution in [0.4, 0.5) is 18.9 Å². The highest BCUT2D eigenvalue weighted by molar-refractivity contribution is 7.80. The van der Waals surface area contributed by atoms with Gasteiger partial charge in [-0.25, -0.2) is 0 Å². The van der Waals surface area contributed by atoms with E-state index in [1.807, 2.05) is 18.2 Å². The highest BCUT2D eigenvalue weighted by atomic mass is 32.1. The molecule has 126 valence electrons. The molecule has 0 saturated carbocycles. The summed E-state index contributed by atoms with van der Waals surface area (Å²) in [5.74, 6) is 0.657. The molecule has 0 spiro atoms. The zero-order chi connectivity index (χ0) is 17.6. The molecule has 0 aromatic heterocycles. The van der Waals surface area contributed by atoms with Crippen molar-refractivity contribution in [1.82, 2.24) is 5.43 Å². The zero-order valence-electron chi connectivity index (χ0n) is 12.6. The Hall–Kier alpha value is -2.61. The van der Waals surface area contributed by atoms with Crippen LogP contribution in [0.2, 0.25) is 0 Å². The van der Waals surface area contributed by atoms with E-state index < -0.39 is 11.7 Å². The van der Waals surface area contributed by atoms with Crippen LogP contribution in [-0.4, -0.2) is 18.4 Å². The van der Waals surface area contributed by atoms with Crippen LogP contribution >= 0.6 is 12.2 Å². The molecule has 0 fully saturated rings. The second-order valence-electron chi connectivity index (χ2n) is 4.64. The van der Waals surface area contributed by atoms with Gasteiger partial charge in [0.2, 0.25) is 0 Å². The first kappa shape index (κ1) is 17.7. The largest absolute Gasteiger partial charge is 0.496 e. The van der Waals surface area contributed by atoms with Gasteiger partial charge in [-0.3, -0.25) is 5.43 Å². The van der Waals surface area contributed by atoms with Crippen LogP contribution in [0.1, 0.15) is 11.1 Å². The summed E-state index contributed by atoms with van der Waals surface area (Å²) in [6.45, 7) is 0. The molecule has 0 aliphatic rings. The fourth-order valence-electron chi connectivity index (χ4n) is 1.84. The summed E-state index contributed by atoms with van der Waals surface area (Å²) in [6.07, 6.45) is -2.84. The molecule has 2 aromatic carbocycles. The molecule has 0 unspecified atom stereocenters. The summed E-state index contributed by atoms with van der Waals surface area (Å²) >= 11 is 5.03. The Labute approximate surface area is 142 Å². The summed E-state index contributed by atoms with van der Waals surface area (Å²) in [5, 5.41) is 6.86. The summed E-state index contributed by atoms with van der Waals surface area (Å²) in [6, 6.07) is 11.8. The Kier molecular flexibility index (Phi) is 5.75. The van der Waals surface area contributed by atoms with E-state index in [-0.39, 0.29) is 5.11 Å². The van der Waals surface area contributed by atoms with Gasteiger partial charge in [0, 0.05) is 11.3 Å². The number of hydrazone groups is 1. The van der Waals surface area contributed by atoms with Gasteiger partial charge >= 0.3 is 6.18 Å².